The standard InChI is InChI=1S/C15H12N2OS2/c1-10-7-12-14(16-9-17-15(12)20-10)19-8-13(18)11-5-3-2-4-6-11/h2-7,9H,8H2,1H3. The Morgan fingerprint density at radius 1 is 1.25 bits per heavy atom. The number of thioether (sulfide) groups is 1. The second kappa shape index (κ2) is 5.73. The first kappa shape index (κ1) is 13.3. The van der Waals surface area contributed by atoms with E-state index in [1.54, 1.807) is 17.7 Å². The number of hydrogen-bond acceptors (Lipinski definition) is 5. The van der Waals surface area contributed by atoms with Crippen LogP contribution in [0.1, 0.15) is 15.2 Å². The van der Waals surface area contributed by atoms with Crippen LogP contribution in [0, 0.1) is 6.92 Å². The fourth-order valence-electron chi connectivity index (χ4n) is 1.91. The topological polar surface area (TPSA) is 42.9 Å². The van der Waals surface area contributed by atoms with Gasteiger partial charge in [-0.25, -0.2) is 9.97 Å². The monoisotopic (exact) mass is 300 g/mol. The second-order valence-corrected chi connectivity index (χ2v) is 6.53. The summed E-state index contributed by atoms with van der Waals surface area (Å²) in [6.45, 7) is 2.05. The second-order valence-electron chi connectivity index (χ2n) is 4.33. The van der Waals surface area contributed by atoms with Crippen molar-refractivity contribution in [3.63, 3.8) is 0 Å². The van der Waals surface area contributed by atoms with Gasteiger partial charge in [0.05, 0.1) is 5.75 Å². The van der Waals surface area contributed by atoms with E-state index < -0.39 is 0 Å². The van der Waals surface area contributed by atoms with Crippen LogP contribution in [-0.4, -0.2) is 21.5 Å². The average molecular weight is 300 g/mol. The van der Waals surface area contributed by atoms with Gasteiger partial charge in [-0.05, 0) is 13.0 Å². The molecule has 2 aromatic heterocycles. The molecule has 0 N–H and O–H groups in total. The highest BCUT2D eigenvalue weighted by Gasteiger charge is 2.11. The molecular weight excluding hydrogens is 288 g/mol. The number of rotatable bonds is 4. The largest absolute Gasteiger partial charge is 0.293 e. The van der Waals surface area contributed by atoms with Crippen LogP contribution in [0.15, 0.2) is 47.8 Å². The van der Waals surface area contributed by atoms with E-state index in [4.69, 9.17) is 0 Å². The van der Waals surface area contributed by atoms with Crippen molar-refractivity contribution in [2.75, 3.05) is 5.75 Å². The maximum absolute atomic E-state index is 12.1. The zero-order valence-electron chi connectivity index (χ0n) is 10.9. The van der Waals surface area contributed by atoms with Crippen molar-refractivity contribution >= 4 is 39.1 Å². The fourth-order valence-corrected chi connectivity index (χ4v) is 3.69. The molecule has 0 saturated heterocycles. The third-order valence-electron chi connectivity index (χ3n) is 2.85. The molecule has 0 amide bonds. The average Bonchev–Trinajstić information content (AvgIpc) is 2.86. The summed E-state index contributed by atoms with van der Waals surface area (Å²) >= 11 is 3.12. The minimum absolute atomic E-state index is 0.120. The van der Waals surface area contributed by atoms with Gasteiger partial charge in [0.15, 0.2) is 5.78 Å². The highest BCUT2D eigenvalue weighted by atomic mass is 32.2. The van der Waals surface area contributed by atoms with Gasteiger partial charge in [-0.2, -0.15) is 0 Å². The van der Waals surface area contributed by atoms with Crippen LogP contribution in [0.4, 0.5) is 0 Å². The summed E-state index contributed by atoms with van der Waals surface area (Å²) < 4.78 is 0. The Morgan fingerprint density at radius 2 is 2.05 bits per heavy atom. The summed E-state index contributed by atoms with van der Waals surface area (Å²) in [5.41, 5.74) is 0.742. The van der Waals surface area contributed by atoms with Crippen molar-refractivity contribution in [3.05, 3.63) is 53.2 Å². The number of Topliss-reactive ketones (excluding diaryl/α,β-unsaturated/α-hetero) is 1. The van der Waals surface area contributed by atoms with E-state index in [0.29, 0.717) is 5.75 Å². The first-order valence-corrected chi connectivity index (χ1v) is 7.96. The molecule has 0 atom stereocenters. The molecule has 0 bridgehead atoms. The number of fused-ring (bicyclic) bond motifs is 1. The molecular formula is C15H12N2OS2. The Labute approximate surface area is 125 Å². The quantitative estimate of drug-likeness (QED) is 0.415. The molecule has 3 nitrogen and oxygen atoms in total. The Bertz CT molecular complexity index is 753. The first-order valence-electron chi connectivity index (χ1n) is 6.16. The number of carbonyl (C=O) groups excluding carboxylic acids is 1. The smallest absolute Gasteiger partial charge is 0.173 e. The Hall–Kier alpha value is -1.72. The molecule has 3 aromatic rings. The maximum atomic E-state index is 12.1. The lowest BCUT2D eigenvalue weighted by atomic mass is 10.2. The predicted molar refractivity (Wildman–Crippen MR) is 83.6 cm³/mol. The van der Waals surface area contributed by atoms with Gasteiger partial charge in [-0.15, -0.1) is 11.3 Å². The molecule has 0 fully saturated rings. The summed E-state index contributed by atoms with van der Waals surface area (Å²) in [7, 11) is 0. The number of thiophene rings is 1. The van der Waals surface area contributed by atoms with E-state index in [-0.39, 0.29) is 5.78 Å². The summed E-state index contributed by atoms with van der Waals surface area (Å²) in [6, 6.07) is 11.4. The molecule has 0 radical (unpaired) electrons. The molecule has 2 heterocycles. The van der Waals surface area contributed by atoms with Crippen LogP contribution in [-0.2, 0) is 0 Å². The SMILES string of the molecule is Cc1cc2c(SCC(=O)c3ccccc3)ncnc2s1. The zero-order chi connectivity index (χ0) is 13.9. The molecule has 3 rings (SSSR count). The lowest BCUT2D eigenvalue weighted by Gasteiger charge is -2.02. The Balaban J connectivity index is 1.79. The molecule has 0 aliphatic carbocycles. The number of carbonyl (C=O) groups is 1. The molecule has 0 spiro atoms. The van der Waals surface area contributed by atoms with Crippen LogP contribution < -0.4 is 0 Å². The third kappa shape index (κ3) is 2.73. The van der Waals surface area contributed by atoms with Gasteiger partial charge in [-0.3, -0.25) is 4.79 Å². The molecule has 0 aliphatic heterocycles. The first-order chi connectivity index (χ1) is 9.74. The lowest BCUT2D eigenvalue weighted by Crippen LogP contribution is -2.02. The van der Waals surface area contributed by atoms with Crippen molar-refractivity contribution in [2.45, 2.75) is 11.9 Å². The van der Waals surface area contributed by atoms with Crippen molar-refractivity contribution in [3.8, 4) is 0 Å². The number of ketones is 1. The van der Waals surface area contributed by atoms with Crippen LogP contribution >= 0.6 is 23.1 Å². The highest BCUT2D eigenvalue weighted by Crippen LogP contribution is 2.30. The number of aryl methyl sites for hydroxylation is 1. The normalized spacial score (nSPS) is 10.8. The van der Waals surface area contributed by atoms with E-state index in [9.17, 15) is 4.79 Å². The van der Waals surface area contributed by atoms with Gasteiger partial charge >= 0.3 is 0 Å². The predicted octanol–water partition coefficient (Wildman–Crippen LogP) is 3.97. The molecule has 0 aliphatic rings. The van der Waals surface area contributed by atoms with E-state index >= 15 is 0 Å². The molecule has 5 heteroatoms. The van der Waals surface area contributed by atoms with Crippen molar-refractivity contribution < 1.29 is 4.79 Å². The Morgan fingerprint density at radius 3 is 2.85 bits per heavy atom. The minimum atomic E-state index is 0.120. The highest BCUT2D eigenvalue weighted by molar-refractivity contribution is 8.00. The van der Waals surface area contributed by atoms with E-state index in [1.807, 2.05) is 30.3 Å². The van der Waals surface area contributed by atoms with Crippen LogP contribution in [0.25, 0.3) is 10.2 Å². The van der Waals surface area contributed by atoms with Crippen LogP contribution in [0.5, 0.6) is 0 Å². The molecule has 100 valence electrons. The fraction of sp³-hybridized carbons (Fsp3) is 0.133. The van der Waals surface area contributed by atoms with Gasteiger partial charge < -0.3 is 0 Å². The van der Waals surface area contributed by atoms with Gasteiger partial charge in [0.2, 0.25) is 0 Å². The molecule has 1 aromatic carbocycles. The van der Waals surface area contributed by atoms with Crippen LogP contribution in [0.3, 0.4) is 0 Å². The van der Waals surface area contributed by atoms with Gasteiger partial charge in [-0.1, -0.05) is 42.1 Å². The van der Waals surface area contributed by atoms with Crippen LogP contribution in [0.2, 0.25) is 0 Å². The summed E-state index contributed by atoms with van der Waals surface area (Å²) in [5, 5.41) is 1.92. The molecule has 0 saturated carbocycles. The molecule has 0 unspecified atom stereocenters. The summed E-state index contributed by atoms with van der Waals surface area (Å²) in [6.07, 6.45) is 1.56. The van der Waals surface area contributed by atoms with E-state index in [0.717, 1.165) is 20.8 Å². The van der Waals surface area contributed by atoms with Gasteiger partial charge in [0, 0.05) is 15.8 Å². The summed E-state index contributed by atoms with van der Waals surface area (Å²) in [4.78, 5) is 22.8. The van der Waals surface area contributed by atoms with Crippen molar-refractivity contribution in [1.82, 2.24) is 9.97 Å². The van der Waals surface area contributed by atoms with E-state index in [2.05, 4.69) is 23.0 Å². The van der Waals surface area contributed by atoms with Crippen molar-refractivity contribution in [2.24, 2.45) is 0 Å². The number of hydrogen-bond donors (Lipinski definition) is 0. The number of benzene rings is 1. The zero-order valence-corrected chi connectivity index (χ0v) is 12.5. The Kier molecular flexibility index (Phi) is 3.80. The summed E-state index contributed by atoms with van der Waals surface area (Å²) in [5.74, 6) is 0.514. The number of aromatic nitrogens is 2. The van der Waals surface area contributed by atoms with Crippen molar-refractivity contribution in [1.29, 1.82) is 0 Å². The minimum Gasteiger partial charge on any atom is -0.293 e. The van der Waals surface area contributed by atoms with Gasteiger partial charge in [0.1, 0.15) is 16.2 Å². The molecule has 20 heavy (non-hydrogen) atoms. The number of nitrogens with zero attached hydrogens (tertiary/aromatic N) is 2. The van der Waals surface area contributed by atoms with E-state index in [1.165, 1.54) is 16.6 Å². The van der Waals surface area contributed by atoms with Gasteiger partial charge in [0.25, 0.3) is 0 Å². The maximum Gasteiger partial charge on any atom is 0.173 e. The lowest BCUT2D eigenvalue weighted by molar-refractivity contribution is 0.102. The third-order valence-corrected chi connectivity index (χ3v) is 4.82.